The highest BCUT2D eigenvalue weighted by atomic mass is 16.3. The van der Waals surface area contributed by atoms with Gasteiger partial charge >= 0.3 is 0 Å². The number of likely N-dealkylation sites (tertiary alicyclic amines) is 1. The molecule has 1 amide bonds. The maximum atomic E-state index is 13.4. The summed E-state index contributed by atoms with van der Waals surface area (Å²) in [5.41, 5.74) is 3.32. The number of aryl methyl sites for hydroxylation is 1. The second-order valence-electron chi connectivity index (χ2n) is 9.45. The lowest BCUT2D eigenvalue weighted by Crippen LogP contribution is -2.53. The number of amides is 1. The molecule has 3 aromatic rings. The second kappa shape index (κ2) is 7.69. The summed E-state index contributed by atoms with van der Waals surface area (Å²) in [5, 5.41) is 10.1. The smallest absolute Gasteiger partial charge is 0.254 e. The average molecular weight is 431 g/mol. The molecule has 6 heteroatoms. The normalized spacial score (nSPS) is 19.5. The van der Waals surface area contributed by atoms with E-state index in [9.17, 15) is 9.90 Å². The van der Waals surface area contributed by atoms with Gasteiger partial charge in [-0.15, -0.1) is 0 Å². The van der Waals surface area contributed by atoms with Crippen molar-refractivity contribution in [2.24, 2.45) is 5.92 Å². The lowest BCUT2D eigenvalue weighted by Gasteiger charge is -2.47. The summed E-state index contributed by atoms with van der Waals surface area (Å²) in [6, 6.07) is 13.6. The number of phenolic OH excluding ortho intramolecular Hbond substituents is 1. The van der Waals surface area contributed by atoms with Crippen molar-refractivity contribution >= 4 is 11.6 Å². The van der Waals surface area contributed by atoms with Crippen LogP contribution < -0.4 is 4.90 Å². The number of aromatic hydroxyl groups is 1. The number of nitrogens with zero attached hydrogens (tertiary/aromatic N) is 4. The SMILES string of the molecule is Cc1ccc(C(=O)N2CC[C@@]3(C2)c2cccn2-c2ncccc2N3CCC(C)C)cc1O. The Kier molecular flexibility index (Phi) is 4.96. The van der Waals surface area contributed by atoms with Gasteiger partial charge in [0.1, 0.15) is 11.3 Å². The second-order valence-corrected chi connectivity index (χ2v) is 9.45. The van der Waals surface area contributed by atoms with E-state index in [1.807, 2.05) is 30.2 Å². The number of phenols is 1. The molecule has 4 heterocycles. The van der Waals surface area contributed by atoms with Gasteiger partial charge in [0.25, 0.3) is 5.91 Å². The van der Waals surface area contributed by atoms with E-state index < -0.39 is 0 Å². The number of fused-ring (bicyclic) bond motifs is 4. The van der Waals surface area contributed by atoms with Crippen LogP contribution in [0.3, 0.4) is 0 Å². The van der Waals surface area contributed by atoms with Crippen LogP contribution in [-0.4, -0.2) is 45.1 Å². The summed E-state index contributed by atoms with van der Waals surface area (Å²) in [6.45, 7) is 8.52. The number of carbonyl (C=O) groups excluding carboxylic acids is 1. The Bertz CT molecular complexity index is 1170. The maximum absolute atomic E-state index is 13.4. The molecule has 0 unspecified atom stereocenters. The van der Waals surface area contributed by atoms with Gasteiger partial charge in [-0.3, -0.25) is 4.79 Å². The third kappa shape index (κ3) is 3.17. The van der Waals surface area contributed by atoms with Crippen LogP contribution in [0, 0.1) is 12.8 Å². The van der Waals surface area contributed by atoms with Gasteiger partial charge in [-0.25, -0.2) is 4.98 Å². The van der Waals surface area contributed by atoms with Crippen LogP contribution in [0.15, 0.2) is 54.9 Å². The van der Waals surface area contributed by atoms with Crippen molar-refractivity contribution in [1.29, 1.82) is 0 Å². The lowest BCUT2D eigenvalue weighted by atomic mass is 9.88. The largest absolute Gasteiger partial charge is 0.508 e. The summed E-state index contributed by atoms with van der Waals surface area (Å²) < 4.78 is 2.19. The van der Waals surface area contributed by atoms with E-state index in [0.717, 1.165) is 36.5 Å². The molecule has 1 spiro atoms. The standard InChI is InChI=1S/C26H30N4O2/c1-18(2)10-14-30-21-6-4-12-27-24(21)29-13-5-7-23(29)26(30)11-15-28(17-26)25(32)20-9-8-19(3)22(31)16-20/h4-9,12-13,16,18,31H,10-11,14-15,17H2,1-3H3/t26-/m1/s1. The number of aromatic nitrogens is 2. The van der Waals surface area contributed by atoms with Crippen molar-refractivity contribution in [2.45, 2.75) is 39.2 Å². The summed E-state index contributed by atoms with van der Waals surface area (Å²) in [6.07, 6.45) is 5.84. The van der Waals surface area contributed by atoms with Crippen LogP contribution in [0.1, 0.15) is 48.3 Å². The quantitative estimate of drug-likeness (QED) is 0.662. The maximum Gasteiger partial charge on any atom is 0.254 e. The van der Waals surface area contributed by atoms with Crippen molar-refractivity contribution in [1.82, 2.24) is 14.5 Å². The van der Waals surface area contributed by atoms with E-state index in [4.69, 9.17) is 4.98 Å². The Balaban J connectivity index is 1.54. The molecule has 166 valence electrons. The first-order valence-electron chi connectivity index (χ1n) is 11.4. The van der Waals surface area contributed by atoms with Gasteiger partial charge in [0.05, 0.1) is 11.4 Å². The minimum absolute atomic E-state index is 0.0314. The molecule has 1 fully saturated rings. The molecule has 1 aromatic carbocycles. The summed E-state index contributed by atoms with van der Waals surface area (Å²) in [5.74, 6) is 1.66. The Morgan fingerprint density at radius 3 is 2.84 bits per heavy atom. The monoisotopic (exact) mass is 430 g/mol. The molecule has 1 N–H and O–H groups in total. The molecule has 5 rings (SSSR count). The molecule has 2 aliphatic heterocycles. The van der Waals surface area contributed by atoms with Crippen molar-refractivity contribution < 1.29 is 9.90 Å². The molecular formula is C26H30N4O2. The van der Waals surface area contributed by atoms with Crippen LogP contribution in [0.2, 0.25) is 0 Å². The molecular weight excluding hydrogens is 400 g/mol. The number of rotatable bonds is 4. The fourth-order valence-electron chi connectivity index (χ4n) is 5.14. The van der Waals surface area contributed by atoms with Crippen molar-refractivity contribution in [3.8, 4) is 11.6 Å². The number of benzene rings is 1. The van der Waals surface area contributed by atoms with E-state index in [2.05, 4.69) is 47.7 Å². The Morgan fingerprint density at radius 1 is 1.22 bits per heavy atom. The van der Waals surface area contributed by atoms with Crippen molar-refractivity contribution in [2.75, 3.05) is 24.5 Å². The van der Waals surface area contributed by atoms with Crippen LogP contribution in [-0.2, 0) is 5.54 Å². The van der Waals surface area contributed by atoms with Crippen LogP contribution in [0.25, 0.3) is 5.82 Å². The van der Waals surface area contributed by atoms with Gasteiger partial charge in [0.15, 0.2) is 5.82 Å². The third-order valence-electron chi connectivity index (χ3n) is 6.95. The average Bonchev–Trinajstić information content (AvgIpc) is 3.44. The third-order valence-corrected chi connectivity index (χ3v) is 6.95. The van der Waals surface area contributed by atoms with Crippen LogP contribution in [0.4, 0.5) is 5.69 Å². The number of carbonyl (C=O) groups is 1. The van der Waals surface area contributed by atoms with Gasteiger partial charge in [-0.05, 0) is 67.6 Å². The van der Waals surface area contributed by atoms with E-state index in [1.165, 1.54) is 5.69 Å². The first-order chi connectivity index (χ1) is 15.4. The zero-order valence-electron chi connectivity index (χ0n) is 19.0. The summed E-state index contributed by atoms with van der Waals surface area (Å²) in [4.78, 5) is 22.5. The molecule has 0 aliphatic carbocycles. The van der Waals surface area contributed by atoms with Crippen LogP contribution >= 0.6 is 0 Å². The first kappa shape index (κ1) is 20.6. The minimum Gasteiger partial charge on any atom is -0.508 e. The molecule has 0 bridgehead atoms. The summed E-state index contributed by atoms with van der Waals surface area (Å²) >= 11 is 0. The van der Waals surface area contributed by atoms with E-state index in [-0.39, 0.29) is 17.2 Å². The van der Waals surface area contributed by atoms with Gasteiger partial charge in [0.2, 0.25) is 0 Å². The van der Waals surface area contributed by atoms with Gasteiger partial charge in [-0.1, -0.05) is 19.9 Å². The number of hydrogen-bond acceptors (Lipinski definition) is 4. The van der Waals surface area contributed by atoms with E-state index >= 15 is 0 Å². The highest BCUT2D eigenvalue weighted by molar-refractivity contribution is 5.95. The van der Waals surface area contributed by atoms with E-state index in [1.54, 1.807) is 12.1 Å². The van der Waals surface area contributed by atoms with Gasteiger partial charge < -0.3 is 19.5 Å². The number of pyridine rings is 1. The molecule has 0 radical (unpaired) electrons. The molecule has 0 saturated carbocycles. The predicted octanol–water partition coefficient (Wildman–Crippen LogP) is 4.49. The van der Waals surface area contributed by atoms with Crippen molar-refractivity contribution in [3.05, 3.63) is 71.7 Å². The van der Waals surface area contributed by atoms with Gasteiger partial charge in [0, 0.05) is 37.6 Å². The molecule has 2 aliphatic rings. The highest BCUT2D eigenvalue weighted by Gasteiger charge is 2.50. The number of anilines is 1. The lowest BCUT2D eigenvalue weighted by molar-refractivity contribution is 0.0781. The molecule has 6 nitrogen and oxygen atoms in total. The minimum atomic E-state index is -0.295. The Labute approximate surface area is 189 Å². The topological polar surface area (TPSA) is 61.6 Å². The van der Waals surface area contributed by atoms with E-state index in [0.29, 0.717) is 24.6 Å². The van der Waals surface area contributed by atoms with Gasteiger partial charge in [-0.2, -0.15) is 0 Å². The molecule has 1 atom stereocenters. The number of hydrogen-bond donors (Lipinski definition) is 1. The summed E-state index contributed by atoms with van der Waals surface area (Å²) in [7, 11) is 0. The predicted molar refractivity (Wildman–Crippen MR) is 125 cm³/mol. The van der Waals surface area contributed by atoms with Crippen molar-refractivity contribution in [3.63, 3.8) is 0 Å². The molecule has 32 heavy (non-hydrogen) atoms. The Morgan fingerprint density at radius 2 is 2.06 bits per heavy atom. The first-order valence-corrected chi connectivity index (χ1v) is 11.4. The fraction of sp³-hybridized carbons (Fsp3) is 0.385. The fourth-order valence-corrected chi connectivity index (χ4v) is 5.14. The zero-order chi connectivity index (χ0) is 22.5. The highest BCUT2D eigenvalue weighted by Crippen LogP contribution is 2.47. The zero-order valence-corrected chi connectivity index (χ0v) is 19.0. The Hall–Kier alpha value is -3.28. The molecule has 1 saturated heterocycles. The molecule has 2 aromatic heterocycles. The van der Waals surface area contributed by atoms with Crippen LogP contribution in [0.5, 0.6) is 5.75 Å².